The summed E-state index contributed by atoms with van der Waals surface area (Å²) in [5.74, 6) is 1.56. The molecule has 0 radical (unpaired) electrons. The summed E-state index contributed by atoms with van der Waals surface area (Å²) in [6.07, 6.45) is 5.05. The van der Waals surface area contributed by atoms with Crippen LogP contribution in [0.5, 0.6) is 5.75 Å². The highest BCUT2D eigenvalue weighted by atomic mass is 16.3. The zero-order valence-electron chi connectivity index (χ0n) is 17.6. The monoisotopic (exact) mass is 399 g/mol. The normalized spacial score (nSPS) is 29.1. The maximum absolute atomic E-state index is 13.0. The summed E-state index contributed by atoms with van der Waals surface area (Å²) >= 11 is 0. The zero-order chi connectivity index (χ0) is 20.5. The minimum atomic E-state index is 0.215. The molecule has 2 bridgehead atoms. The number of rotatable bonds is 5. The summed E-state index contributed by atoms with van der Waals surface area (Å²) in [7, 11) is 4.14. The zero-order valence-corrected chi connectivity index (χ0v) is 17.6. The maximum Gasteiger partial charge on any atom is 0.223 e. The van der Waals surface area contributed by atoms with E-state index in [9.17, 15) is 14.7 Å². The highest BCUT2D eigenvalue weighted by molar-refractivity contribution is 5.79. The van der Waals surface area contributed by atoms with E-state index in [1.165, 1.54) is 0 Å². The van der Waals surface area contributed by atoms with Crippen molar-refractivity contribution in [1.29, 1.82) is 0 Å². The number of amides is 2. The Bertz CT molecular complexity index is 748. The third kappa shape index (κ3) is 4.27. The smallest absolute Gasteiger partial charge is 0.223 e. The van der Waals surface area contributed by atoms with Crippen molar-refractivity contribution < 1.29 is 14.7 Å². The molecule has 3 aliphatic rings. The van der Waals surface area contributed by atoms with Crippen molar-refractivity contribution in [2.45, 2.75) is 50.6 Å². The second-order valence-corrected chi connectivity index (χ2v) is 9.31. The lowest BCUT2D eigenvalue weighted by molar-refractivity contribution is -0.157. The van der Waals surface area contributed by atoms with E-state index in [1.807, 2.05) is 12.1 Å². The molecule has 4 rings (SSSR count). The number of piperidine rings is 3. The van der Waals surface area contributed by atoms with Crippen LogP contribution in [-0.4, -0.2) is 77.4 Å². The Kier molecular flexibility index (Phi) is 5.81. The van der Waals surface area contributed by atoms with Crippen LogP contribution in [0.15, 0.2) is 24.3 Å². The van der Waals surface area contributed by atoms with E-state index in [1.54, 1.807) is 12.1 Å². The standard InChI is InChI=1S/C23H33N3O3/c1-24(2)15-21-18-12-17(20-4-3-5-23(29)26(20)21)13-25(14-18)22(28)11-8-16-6-9-19(27)10-7-16/h6-7,9-10,17-18,20-21,27H,3-5,8,11-15H2,1-2H3/t17-,18+,20+,21+/m1/s1. The Morgan fingerprint density at radius 2 is 1.90 bits per heavy atom. The SMILES string of the molecule is CN(C)C[C@H]1[C@H]2C[C@H](CN(C(=O)CCc3ccc(O)cc3)C2)[C@@H]2CCCC(=O)N21. The fraction of sp³-hybridized carbons (Fsp3) is 0.652. The molecular formula is C23H33N3O3. The molecule has 0 saturated carbocycles. The second-order valence-electron chi connectivity index (χ2n) is 9.31. The number of nitrogens with zero attached hydrogens (tertiary/aromatic N) is 3. The van der Waals surface area contributed by atoms with Crippen LogP contribution >= 0.6 is 0 Å². The van der Waals surface area contributed by atoms with Gasteiger partial charge in [0.1, 0.15) is 5.75 Å². The number of hydrogen-bond acceptors (Lipinski definition) is 4. The second kappa shape index (κ2) is 8.34. The van der Waals surface area contributed by atoms with Crippen molar-refractivity contribution in [3.05, 3.63) is 29.8 Å². The minimum absolute atomic E-state index is 0.215. The van der Waals surface area contributed by atoms with Crippen molar-refractivity contribution in [3.63, 3.8) is 0 Å². The first-order chi connectivity index (χ1) is 13.9. The van der Waals surface area contributed by atoms with Gasteiger partial charge in [-0.2, -0.15) is 0 Å². The molecule has 3 heterocycles. The van der Waals surface area contributed by atoms with Gasteiger partial charge in [-0.3, -0.25) is 9.59 Å². The summed E-state index contributed by atoms with van der Waals surface area (Å²) in [5, 5.41) is 9.42. The van der Waals surface area contributed by atoms with Gasteiger partial charge < -0.3 is 19.8 Å². The summed E-state index contributed by atoms with van der Waals surface area (Å²) in [5.41, 5.74) is 1.07. The number of phenolic OH excluding ortho intramolecular Hbond substituents is 1. The Labute approximate surface area is 173 Å². The first kappa shape index (κ1) is 20.2. The number of carbonyl (C=O) groups excluding carboxylic acids is 2. The van der Waals surface area contributed by atoms with Gasteiger partial charge in [0.2, 0.25) is 11.8 Å². The van der Waals surface area contributed by atoms with Crippen LogP contribution in [0.25, 0.3) is 0 Å². The highest BCUT2D eigenvalue weighted by Crippen LogP contribution is 2.41. The lowest BCUT2D eigenvalue weighted by atomic mass is 9.72. The van der Waals surface area contributed by atoms with Crippen LogP contribution in [0.2, 0.25) is 0 Å². The van der Waals surface area contributed by atoms with Gasteiger partial charge in [-0.1, -0.05) is 12.1 Å². The first-order valence-electron chi connectivity index (χ1n) is 10.9. The summed E-state index contributed by atoms with van der Waals surface area (Å²) in [4.78, 5) is 32.2. The largest absolute Gasteiger partial charge is 0.508 e. The van der Waals surface area contributed by atoms with E-state index in [0.29, 0.717) is 43.0 Å². The number of aromatic hydroxyl groups is 1. The number of aryl methyl sites for hydroxylation is 1. The van der Waals surface area contributed by atoms with Crippen LogP contribution in [0.3, 0.4) is 0 Å². The van der Waals surface area contributed by atoms with Crippen molar-refractivity contribution in [2.24, 2.45) is 11.8 Å². The molecule has 0 spiro atoms. The number of benzene rings is 1. The van der Waals surface area contributed by atoms with Gasteiger partial charge in [-0.15, -0.1) is 0 Å². The van der Waals surface area contributed by atoms with Gasteiger partial charge in [0.25, 0.3) is 0 Å². The Hall–Kier alpha value is -2.08. The number of likely N-dealkylation sites (N-methyl/N-ethyl adjacent to an activating group) is 1. The number of carbonyl (C=O) groups is 2. The molecule has 4 atom stereocenters. The predicted octanol–water partition coefficient (Wildman–Crippen LogP) is 2.11. The molecule has 6 heteroatoms. The molecule has 29 heavy (non-hydrogen) atoms. The molecule has 158 valence electrons. The van der Waals surface area contributed by atoms with Crippen LogP contribution in [0.1, 0.15) is 37.7 Å². The van der Waals surface area contributed by atoms with E-state index in [0.717, 1.165) is 44.5 Å². The third-order valence-electron chi connectivity index (χ3n) is 6.97. The third-order valence-corrected chi connectivity index (χ3v) is 6.97. The van der Waals surface area contributed by atoms with Gasteiger partial charge in [-0.25, -0.2) is 0 Å². The van der Waals surface area contributed by atoms with Gasteiger partial charge >= 0.3 is 0 Å². The van der Waals surface area contributed by atoms with Gasteiger partial charge in [0, 0.05) is 44.6 Å². The lowest BCUT2D eigenvalue weighted by Crippen LogP contribution is -2.67. The predicted molar refractivity (Wildman–Crippen MR) is 111 cm³/mol. The fourth-order valence-corrected chi connectivity index (χ4v) is 5.66. The molecule has 3 aliphatic heterocycles. The molecule has 3 fully saturated rings. The van der Waals surface area contributed by atoms with E-state index >= 15 is 0 Å². The summed E-state index contributed by atoms with van der Waals surface area (Å²) in [6, 6.07) is 7.62. The molecule has 0 aliphatic carbocycles. The number of hydrogen-bond donors (Lipinski definition) is 1. The lowest BCUT2D eigenvalue weighted by Gasteiger charge is -2.57. The quantitative estimate of drug-likeness (QED) is 0.824. The van der Waals surface area contributed by atoms with Crippen LogP contribution in [0.4, 0.5) is 0 Å². The molecule has 1 aromatic carbocycles. The summed E-state index contributed by atoms with van der Waals surface area (Å²) in [6.45, 7) is 2.42. The number of likely N-dealkylation sites (tertiary alicyclic amines) is 1. The molecule has 0 unspecified atom stereocenters. The molecule has 1 N–H and O–H groups in total. The molecule has 3 saturated heterocycles. The minimum Gasteiger partial charge on any atom is -0.508 e. The van der Waals surface area contributed by atoms with Crippen LogP contribution in [-0.2, 0) is 16.0 Å². The van der Waals surface area contributed by atoms with E-state index in [-0.39, 0.29) is 17.7 Å². The molecule has 0 aromatic heterocycles. The Morgan fingerprint density at radius 1 is 1.17 bits per heavy atom. The molecule has 6 nitrogen and oxygen atoms in total. The molecule has 2 amide bonds. The topological polar surface area (TPSA) is 64.1 Å². The Morgan fingerprint density at radius 3 is 2.62 bits per heavy atom. The van der Waals surface area contributed by atoms with E-state index in [2.05, 4.69) is 28.8 Å². The van der Waals surface area contributed by atoms with Crippen molar-refractivity contribution in [3.8, 4) is 5.75 Å². The average molecular weight is 400 g/mol. The number of phenols is 1. The van der Waals surface area contributed by atoms with E-state index in [4.69, 9.17) is 0 Å². The van der Waals surface area contributed by atoms with Crippen LogP contribution < -0.4 is 0 Å². The summed E-state index contributed by atoms with van der Waals surface area (Å²) < 4.78 is 0. The van der Waals surface area contributed by atoms with Gasteiger partial charge in [0.15, 0.2) is 0 Å². The van der Waals surface area contributed by atoms with Crippen molar-refractivity contribution in [2.75, 3.05) is 33.7 Å². The Balaban J connectivity index is 1.45. The van der Waals surface area contributed by atoms with Crippen molar-refractivity contribution >= 4 is 11.8 Å². The maximum atomic E-state index is 13.0. The van der Waals surface area contributed by atoms with Crippen LogP contribution in [0, 0.1) is 11.8 Å². The molecular weight excluding hydrogens is 366 g/mol. The van der Waals surface area contributed by atoms with Gasteiger partial charge in [0.05, 0.1) is 0 Å². The van der Waals surface area contributed by atoms with Crippen molar-refractivity contribution in [1.82, 2.24) is 14.7 Å². The number of fused-ring (bicyclic) bond motifs is 4. The van der Waals surface area contributed by atoms with E-state index < -0.39 is 0 Å². The van der Waals surface area contributed by atoms with Gasteiger partial charge in [-0.05, 0) is 69.3 Å². The highest BCUT2D eigenvalue weighted by Gasteiger charge is 2.49. The first-order valence-corrected chi connectivity index (χ1v) is 10.9. The molecule has 1 aromatic rings. The fourth-order valence-electron chi connectivity index (χ4n) is 5.66. The average Bonchev–Trinajstić information content (AvgIpc) is 2.70.